The lowest BCUT2D eigenvalue weighted by atomic mass is 10.0. The average molecular weight is 265 g/mol. The molecule has 0 spiro atoms. The van der Waals surface area contributed by atoms with Crippen LogP contribution >= 0.6 is 0 Å². The maximum Gasteiger partial charge on any atom is 0.142 e. The molecule has 0 unspecified atom stereocenters. The molecule has 3 heteroatoms. The van der Waals surface area contributed by atoms with Gasteiger partial charge in [-0.15, -0.1) is 0 Å². The van der Waals surface area contributed by atoms with Crippen LogP contribution in [-0.4, -0.2) is 19.8 Å². The number of hydrogen-bond acceptors (Lipinski definition) is 3. The Labute approximate surface area is 117 Å². The van der Waals surface area contributed by atoms with Crippen molar-refractivity contribution in [3.05, 3.63) is 18.2 Å². The molecule has 0 aliphatic heterocycles. The molecule has 1 rings (SSSR count). The van der Waals surface area contributed by atoms with Crippen molar-refractivity contribution in [3.8, 4) is 11.5 Å². The lowest BCUT2D eigenvalue weighted by Gasteiger charge is -2.18. The van der Waals surface area contributed by atoms with Crippen LogP contribution in [0.15, 0.2) is 18.2 Å². The predicted molar refractivity (Wildman–Crippen MR) is 81.3 cm³/mol. The molecule has 0 saturated heterocycles. The average Bonchev–Trinajstić information content (AvgIpc) is 2.43. The molecular formula is C16H27NO2. The monoisotopic (exact) mass is 265 g/mol. The number of benzene rings is 1. The topological polar surface area (TPSA) is 30.5 Å². The summed E-state index contributed by atoms with van der Waals surface area (Å²) in [6.45, 7) is 10.8. The van der Waals surface area contributed by atoms with Gasteiger partial charge in [0.2, 0.25) is 0 Å². The van der Waals surface area contributed by atoms with Crippen LogP contribution in [0.25, 0.3) is 0 Å². The fourth-order valence-corrected chi connectivity index (χ4v) is 2.02. The van der Waals surface area contributed by atoms with E-state index in [1.54, 1.807) is 0 Å². The molecule has 0 bridgehead atoms. The summed E-state index contributed by atoms with van der Waals surface area (Å²) in [6.07, 6.45) is 2.39. The zero-order valence-corrected chi connectivity index (χ0v) is 12.7. The van der Waals surface area contributed by atoms with Gasteiger partial charge in [0, 0.05) is 12.6 Å². The summed E-state index contributed by atoms with van der Waals surface area (Å²) in [4.78, 5) is 0. The van der Waals surface area contributed by atoms with Crippen molar-refractivity contribution in [2.45, 2.75) is 40.5 Å². The van der Waals surface area contributed by atoms with Gasteiger partial charge in [-0.3, -0.25) is 0 Å². The van der Waals surface area contributed by atoms with E-state index < -0.39 is 0 Å². The second-order valence-corrected chi connectivity index (χ2v) is 4.59. The SMILES string of the molecule is CCOc1ccc(OCC)c(NCC(CC)CC)c1. The summed E-state index contributed by atoms with van der Waals surface area (Å²) >= 11 is 0. The van der Waals surface area contributed by atoms with Gasteiger partial charge in [0.25, 0.3) is 0 Å². The van der Waals surface area contributed by atoms with Crippen LogP contribution < -0.4 is 14.8 Å². The molecule has 0 radical (unpaired) electrons. The first kappa shape index (κ1) is 15.7. The first-order valence-corrected chi connectivity index (χ1v) is 7.38. The molecule has 0 aliphatic rings. The smallest absolute Gasteiger partial charge is 0.142 e. The lowest BCUT2D eigenvalue weighted by Crippen LogP contribution is -2.13. The van der Waals surface area contributed by atoms with E-state index in [0.29, 0.717) is 19.1 Å². The highest BCUT2D eigenvalue weighted by atomic mass is 16.5. The fourth-order valence-electron chi connectivity index (χ4n) is 2.02. The minimum absolute atomic E-state index is 0.674. The van der Waals surface area contributed by atoms with Gasteiger partial charge in [-0.05, 0) is 31.9 Å². The fraction of sp³-hybridized carbons (Fsp3) is 0.625. The highest BCUT2D eigenvalue weighted by Crippen LogP contribution is 2.29. The summed E-state index contributed by atoms with van der Waals surface area (Å²) in [5, 5.41) is 3.49. The summed E-state index contributed by atoms with van der Waals surface area (Å²) in [5.41, 5.74) is 1.03. The van der Waals surface area contributed by atoms with Gasteiger partial charge in [0.05, 0.1) is 18.9 Å². The van der Waals surface area contributed by atoms with Gasteiger partial charge >= 0.3 is 0 Å². The molecule has 3 nitrogen and oxygen atoms in total. The van der Waals surface area contributed by atoms with E-state index in [4.69, 9.17) is 9.47 Å². The number of rotatable bonds is 9. The van der Waals surface area contributed by atoms with Crippen LogP contribution in [0.2, 0.25) is 0 Å². The first-order chi connectivity index (χ1) is 9.24. The molecule has 0 saturated carbocycles. The number of nitrogens with one attached hydrogen (secondary N) is 1. The molecule has 0 amide bonds. The van der Waals surface area contributed by atoms with Crippen LogP contribution in [0, 0.1) is 5.92 Å². The van der Waals surface area contributed by atoms with Gasteiger partial charge in [0.1, 0.15) is 11.5 Å². The predicted octanol–water partition coefficient (Wildman–Crippen LogP) is 4.33. The van der Waals surface area contributed by atoms with E-state index in [-0.39, 0.29) is 0 Å². The van der Waals surface area contributed by atoms with E-state index in [1.165, 1.54) is 12.8 Å². The Morgan fingerprint density at radius 1 is 1.00 bits per heavy atom. The van der Waals surface area contributed by atoms with Crippen LogP contribution in [0.1, 0.15) is 40.5 Å². The highest BCUT2D eigenvalue weighted by Gasteiger charge is 2.08. The van der Waals surface area contributed by atoms with E-state index in [2.05, 4.69) is 19.2 Å². The van der Waals surface area contributed by atoms with Crippen LogP contribution in [0.5, 0.6) is 11.5 Å². The normalized spacial score (nSPS) is 10.6. The minimum atomic E-state index is 0.674. The Morgan fingerprint density at radius 3 is 2.26 bits per heavy atom. The van der Waals surface area contributed by atoms with Crippen LogP contribution in [-0.2, 0) is 0 Å². The van der Waals surface area contributed by atoms with E-state index in [9.17, 15) is 0 Å². The van der Waals surface area contributed by atoms with E-state index >= 15 is 0 Å². The summed E-state index contributed by atoms with van der Waals surface area (Å²) in [6, 6.07) is 5.96. The van der Waals surface area contributed by atoms with Crippen LogP contribution in [0.4, 0.5) is 5.69 Å². The lowest BCUT2D eigenvalue weighted by molar-refractivity contribution is 0.331. The zero-order valence-electron chi connectivity index (χ0n) is 12.7. The summed E-state index contributed by atoms with van der Waals surface area (Å²) in [7, 11) is 0. The molecule has 108 valence electrons. The number of ether oxygens (including phenoxy) is 2. The number of anilines is 1. The van der Waals surface area contributed by atoms with Gasteiger partial charge in [-0.2, -0.15) is 0 Å². The summed E-state index contributed by atoms with van der Waals surface area (Å²) < 4.78 is 11.2. The third kappa shape index (κ3) is 5.01. The Morgan fingerprint density at radius 2 is 1.68 bits per heavy atom. The summed E-state index contributed by atoms with van der Waals surface area (Å²) in [5.74, 6) is 2.49. The molecule has 0 aliphatic carbocycles. The molecular weight excluding hydrogens is 238 g/mol. The largest absolute Gasteiger partial charge is 0.494 e. The second kappa shape index (κ2) is 8.68. The zero-order chi connectivity index (χ0) is 14.1. The molecule has 1 aromatic rings. The molecule has 19 heavy (non-hydrogen) atoms. The van der Waals surface area contributed by atoms with E-state index in [0.717, 1.165) is 23.7 Å². The van der Waals surface area contributed by atoms with Gasteiger partial charge in [0.15, 0.2) is 0 Å². The maximum absolute atomic E-state index is 5.65. The van der Waals surface area contributed by atoms with E-state index in [1.807, 2.05) is 32.0 Å². The molecule has 0 atom stereocenters. The number of hydrogen-bond donors (Lipinski definition) is 1. The second-order valence-electron chi connectivity index (χ2n) is 4.59. The Balaban J connectivity index is 2.78. The minimum Gasteiger partial charge on any atom is -0.494 e. The van der Waals surface area contributed by atoms with Gasteiger partial charge in [-0.25, -0.2) is 0 Å². The standard InChI is InChI=1S/C16H27NO2/c1-5-13(6-2)12-17-15-11-14(18-7-3)9-10-16(15)19-8-4/h9-11,13,17H,5-8,12H2,1-4H3. The maximum atomic E-state index is 5.65. The van der Waals surface area contributed by atoms with Crippen molar-refractivity contribution in [1.29, 1.82) is 0 Å². The first-order valence-electron chi connectivity index (χ1n) is 7.38. The van der Waals surface area contributed by atoms with Gasteiger partial charge < -0.3 is 14.8 Å². The van der Waals surface area contributed by atoms with Crippen molar-refractivity contribution in [3.63, 3.8) is 0 Å². The van der Waals surface area contributed by atoms with Crippen LogP contribution in [0.3, 0.4) is 0 Å². The van der Waals surface area contributed by atoms with Crippen molar-refractivity contribution in [2.24, 2.45) is 5.92 Å². The van der Waals surface area contributed by atoms with Crippen molar-refractivity contribution in [2.75, 3.05) is 25.1 Å². The van der Waals surface area contributed by atoms with Crippen molar-refractivity contribution < 1.29 is 9.47 Å². The third-order valence-electron chi connectivity index (χ3n) is 3.30. The Bertz CT molecular complexity index is 362. The quantitative estimate of drug-likeness (QED) is 0.720. The van der Waals surface area contributed by atoms with Crippen molar-refractivity contribution in [1.82, 2.24) is 0 Å². The van der Waals surface area contributed by atoms with Gasteiger partial charge in [-0.1, -0.05) is 26.7 Å². The molecule has 0 heterocycles. The molecule has 1 aromatic carbocycles. The van der Waals surface area contributed by atoms with Crippen molar-refractivity contribution >= 4 is 5.69 Å². The highest BCUT2D eigenvalue weighted by molar-refractivity contribution is 5.59. The third-order valence-corrected chi connectivity index (χ3v) is 3.30. The molecule has 0 fully saturated rings. The Kier molecular flexibility index (Phi) is 7.16. The molecule has 0 aromatic heterocycles. The Hall–Kier alpha value is -1.38. The molecule has 1 N–H and O–H groups in total.